The Bertz CT molecular complexity index is 1050. The average molecular weight is 576 g/mol. The van der Waals surface area contributed by atoms with Gasteiger partial charge in [-0.3, -0.25) is 9.80 Å². The van der Waals surface area contributed by atoms with Crippen LogP contribution in [-0.2, 0) is 29.3 Å². The molecule has 0 saturated carbocycles. The maximum absolute atomic E-state index is 12.9. The Morgan fingerprint density at radius 3 is 1.86 bits per heavy atom. The van der Waals surface area contributed by atoms with E-state index in [1.807, 2.05) is 0 Å². The molecule has 1 aromatic rings. The second-order valence-corrected chi connectivity index (χ2v) is 12.0. The van der Waals surface area contributed by atoms with Crippen molar-refractivity contribution in [3.8, 4) is 0 Å². The lowest BCUT2D eigenvalue weighted by Gasteiger charge is -2.26. The van der Waals surface area contributed by atoms with Crippen molar-refractivity contribution in [2.75, 3.05) is 84.1 Å². The Kier molecular flexibility index (Phi) is 12.5. The summed E-state index contributed by atoms with van der Waals surface area (Å²) in [4.78, 5) is 2.62. The smallest absolute Gasteiger partial charge is 0.384 e. The van der Waals surface area contributed by atoms with Crippen LogP contribution in [0.2, 0.25) is 0 Å². The number of nitrogens with one attached hydrogen (secondary N) is 1. The van der Waals surface area contributed by atoms with Crippen LogP contribution >= 0.6 is 0 Å². The fourth-order valence-corrected chi connectivity index (χ4v) is 5.24. The summed E-state index contributed by atoms with van der Waals surface area (Å²) in [6, 6.07) is 2.34. The first-order chi connectivity index (χ1) is 17.4. The lowest BCUT2D eigenvalue weighted by molar-refractivity contribution is -0.0435. The summed E-state index contributed by atoms with van der Waals surface area (Å²) in [5, 5.41) is 7.53. The first-order valence-electron chi connectivity index (χ1n) is 11.9. The molecular formula is C21H36F3N5O6S2. The quantitative estimate of drug-likeness (QED) is 0.334. The van der Waals surface area contributed by atoms with E-state index in [2.05, 4.69) is 15.1 Å². The molecule has 0 amide bonds. The SMILES string of the molecule is NCCCN1CCOCC1.NS(=O)(=O)c1ccc(NCCCN2CCOCC2)c(S(=O)(=O)C(F)(F)F)c1. The number of hydrogen-bond donors (Lipinski definition) is 3. The van der Waals surface area contributed by atoms with E-state index < -0.39 is 35.2 Å². The number of nitrogens with zero attached hydrogens (tertiary/aromatic N) is 2. The first kappa shape index (κ1) is 31.7. The second kappa shape index (κ2) is 14.6. The highest BCUT2D eigenvalue weighted by molar-refractivity contribution is 7.92. The van der Waals surface area contributed by atoms with E-state index in [0.717, 1.165) is 71.0 Å². The molecule has 2 fully saturated rings. The van der Waals surface area contributed by atoms with Crippen LogP contribution in [-0.4, -0.2) is 111 Å². The minimum atomic E-state index is -5.76. The van der Waals surface area contributed by atoms with Gasteiger partial charge in [0, 0.05) is 32.7 Å². The van der Waals surface area contributed by atoms with Gasteiger partial charge in [0.1, 0.15) is 4.90 Å². The van der Waals surface area contributed by atoms with Crippen molar-refractivity contribution in [1.29, 1.82) is 0 Å². The zero-order chi connectivity index (χ0) is 27.5. The number of sulfone groups is 1. The van der Waals surface area contributed by atoms with Gasteiger partial charge in [0.25, 0.3) is 9.84 Å². The van der Waals surface area contributed by atoms with Crippen LogP contribution in [0.25, 0.3) is 0 Å². The molecule has 16 heteroatoms. The maximum atomic E-state index is 12.9. The van der Waals surface area contributed by atoms with Gasteiger partial charge in [0.05, 0.1) is 37.0 Å². The van der Waals surface area contributed by atoms with Gasteiger partial charge in [0.15, 0.2) is 0 Å². The number of benzene rings is 1. The Morgan fingerprint density at radius 2 is 1.41 bits per heavy atom. The van der Waals surface area contributed by atoms with Gasteiger partial charge in [-0.25, -0.2) is 22.0 Å². The summed E-state index contributed by atoms with van der Waals surface area (Å²) >= 11 is 0. The lowest BCUT2D eigenvalue weighted by atomic mass is 10.3. The molecular weight excluding hydrogens is 539 g/mol. The molecule has 2 heterocycles. The lowest BCUT2D eigenvalue weighted by Crippen LogP contribution is -2.37. The average Bonchev–Trinajstić information content (AvgIpc) is 2.86. The molecule has 0 bridgehead atoms. The molecule has 0 radical (unpaired) electrons. The van der Waals surface area contributed by atoms with Crippen molar-refractivity contribution in [3.05, 3.63) is 18.2 Å². The van der Waals surface area contributed by atoms with E-state index in [1.165, 1.54) is 0 Å². The molecule has 2 aliphatic rings. The predicted octanol–water partition coefficient (Wildman–Crippen LogP) is 0.429. The summed E-state index contributed by atoms with van der Waals surface area (Å²) < 4.78 is 95.6. The highest BCUT2D eigenvalue weighted by Crippen LogP contribution is 2.35. The van der Waals surface area contributed by atoms with E-state index in [0.29, 0.717) is 32.2 Å². The van der Waals surface area contributed by atoms with Gasteiger partial charge in [-0.05, 0) is 50.7 Å². The third-order valence-corrected chi connectivity index (χ3v) is 8.17. The van der Waals surface area contributed by atoms with Crippen molar-refractivity contribution in [2.24, 2.45) is 10.9 Å². The summed E-state index contributed by atoms with van der Waals surface area (Å²) in [6.07, 6.45) is 1.66. The molecule has 2 saturated heterocycles. The molecule has 0 aromatic heterocycles. The second-order valence-electron chi connectivity index (χ2n) is 8.48. The third kappa shape index (κ3) is 10.3. The number of anilines is 1. The van der Waals surface area contributed by atoms with Gasteiger partial charge in [-0.2, -0.15) is 13.2 Å². The number of alkyl halides is 3. The normalized spacial score (nSPS) is 18.2. The monoisotopic (exact) mass is 575 g/mol. The molecule has 0 aliphatic carbocycles. The molecule has 3 rings (SSSR count). The Morgan fingerprint density at radius 1 is 0.892 bits per heavy atom. The van der Waals surface area contributed by atoms with Crippen LogP contribution in [0.4, 0.5) is 18.9 Å². The highest BCUT2D eigenvalue weighted by atomic mass is 32.2. The summed E-state index contributed by atoms with van der Waals surface area (Å²) in [5.74, 6) is 0. The zero-order valence-corrected chi connectivity index (χ0v) is 22.2. The number of halogens is 3. The minimum Gasteiger partial charge on any atom is -0.384 e. The van der Waals surface area contributed by atoms with Crippen LogP contribution in [0, 0.1) is 0 Å². The van der Waals surface area contributed by atoms with Crippen LogP contribution in [0.3, 0.4) is 0 Å². The minimum absolute atomic E-state index is 0.201. The summed E-state index contributed by atoms with van der Waals surface area (Å²) in [6.45, 7) is 9.46. The van der Waals surface area contributed by atoms with Crippen molar-refractivity contribution >= 4 is 25.5 Å². The van der Waals surface area contributed by atoms with Crippen LogP contribution in [0.5, 0.6) is 0 Å². The van der Waals surface area contributed by atoms with Crippen molar-refractivity contribution < 1.29 is 39.5 Å². The first-order valence-corrected chi connectivity index (χ1v) is 14.9. The largest absolute Gasteiger partial charge is 0.501 e. The molecule has 5 N–H and O–H groups in total. The predicted molar refractivity (Wildman–Crippen MR) is 132 cm³/mol. The molecule has 1 aromatic carbocycles. The Hall–Kier alpha value is -1.53. The van der Waals surface area contributed by atoms with Gasteiger partial charge < -0.3 is 20.5 Å². The van der Waals surface area contributed by atoms with E-state index >= 15 is 0 Å². The number of primary sulfonamides is 1. The topological polar surface area (TPSA) is 157 Å². The van der Waals surface area contributed by atoms with Crippen molar-refractivity contribution in [3.63, 3.8) is 0 Å². The van der Waals surface area contributed by atoms with E-state index in [1.54, 1.807) is 0 Å². The van der Waals surface area contributed by atoms with Crippen LogP contribution < -0.4 is 16.2 Å². The molecule has 0 atom stereocenters. The number of morpholine rings is 2. The summed E-state index contributed by atoms with van der Waals surface area (Å²) in [5.41, 5.74) is -0.519. The number of nitrogens with two attached hydrogens (primary N) is 2. The number of hydrogen-bond acceptors (Lipinski definition) is 10. The van der Waals surface area contributed by atoms with E-state index in [9.17, 15) is 30.0 Å². The van der Waals surface area contributed by atoms with Gasteiger partial charge in [-0.15, -0.1) is 0 Å². The molecule has 11 nitrogen and oxygen atoms in total. The van der Waals surface area contributed by atoms with Crippen LogP contribution in [0.15, 0.2) is 28.0 Å². The Labute approximate surface area is 216 Å². The van der Waals surface area contributed by atoms with Crippen LogP contribution in [0.1, 0.15) is 12.8 Å². The maximum Gasteiger partial charge on any atom is 0.501 e. The van der Waals surface area contributed by atoms with Gasteiger partial charge in [-0.1, -0.05) is 0 Å². The van der Waals surface area contributed by atoms with E-state index in [-0.39, 0.29) is 12.2 Å². The number of rotatable bonds is 10. The Balaban J connectivity index is 0.000000402. The molecule has 0 unspecified atom stereocenters. The molecule has 37 heavy (non-hydrogen) atoms. The van der Waals surface area contributed by atoms with Crippen molar-refractivity contribution in [1.82, 2.24) is 9.80 Å². The fourth-order valence-electron chi connectivity index (χ4n) is 3.66. The van der Waals surface area contributed by atoms with Gasteiger partial charge >= 0.3 is 5.51 Å². The fraction of sp³-hybridized carbons (Fsp3) is 0.714. The molecule has 214 valence electrons. The molecule has 2 aliphatic heterocycles. The number of ether oxygens (including phenoxy) is 2. The third-order valence-electron chi connectivity index (χ3n) is 5.73. The zero-order valence-electron chi connectivity index (χ0n) is 20.6. The standard InChI is InChI=1S/C14H20F3N3O5S2.C7H16N2O/c15-14(16,17)26(21,22)13-10-11(27(18,23)24)2-3-12(13)19-4-1-5-20-6-8-25-9-7-20;8-2-1-3-9-4-6-10-7-5-9/h2-3,10,19H,1,4-9H2,(H2,18,23,24);1-8H2. The van der Waals surface area contributed by atoms with Crippen molar-refractivity contribution in [2.45, 2.75) is 28.1 Å². The summed E-state index contributed by atoms with van der Waals surface area (Å²) in [7, 11) is -10.1. The molecule has 0 spiro atoms. The number of sulfonamides is 1. The van der Waals surface area contributed by atoms with Gasteiger partial charge in [0.2, 0.25) is 10.0 Å². The van der Waals surface area contributed by atoms with E-state index in [4.69, 9.17) is 20.3 Å². The highest BCUT2D eigenvalue weighted by Gasteiger charge is 2.48.